The number of fused-ring (bicyclic) bond motifs is 1. The molecule has 1 N–H and O–H groups in total. The van der Waals surface area contributed by atoms with Gasteiger partial charge in [0.1, 0.15) is 18.4 Å². The van der Waals surface area contributed by atoms with E-state index in [2.05, 4.69) is 10.3 Å². The van der Waals surface area contributed by atoms with Crippen LogP contribution in [0.3, 0.4) is 0 Å². The number of alkyl halides is 3. The maximum absolute atomic E-state index is 12.7. The van der Waals surface area contributed by atoms with Crippen molar-refractivity contribution >= 4 is 23.6 Å². The van der Waals surface area contributed by atoms with Crippen LogP contribution in [0.4, 0.5) is 18.0 Å². The molecule has 1 aromatic heterocycles. The molecule has 3 heterocycles. The molecule has 1 aromatic carbocycles. The molecule has 2 aliphatic heterocycles. The number of carbonyl (C=O) groups excluding carboxylic acids is 2. The summed E-state index contributed by atoms with van der Waals surface area (Å²) in [5.74, 6) is -0.792. The van der Waals surface area contributed by atoms with E-state index in [-0.39, 0.29) is 42.5 Å². The molecule has 0 saturated carbocycles. The zero-order valence-corrected chi connectivity index (χ0v) is 18.6. The van der Waals surface area contributed by atoms with Gasteiger partial charge in [-0.1, -0.05) is 23.7 Å². The summed E-state index contributed by atoms with van der Waals surface area (Å²) in [6, 6.07) is 7.97. The minimum atomic E-state index is -4.56. The van der Waals surface area contributed by atoms with Crippen molar-refractivity contribution in [2.24, 2.45) is 0 Å². The summed E-state index contributed by atoms with van der Waals surface area (Å²) in [6.45, 7) is -0.706. The van der Waals surface area contributed by atoms with E-state index in [1.165, 1.54) is 6.07 Å². The highest BCUT2D eigenvalue weighted by Crippen LogP contribution is 2.33. The standard InChI is InChI=1S/C22H21ClF3N3O5/c23-14-3-1-13(2-4-14)9-28-20(30)17-8-18(19(10-27-17)33-12-22(24,25)26)34-16-5-6-29-15(7-16)11-32-21(29)31/h1-4,8,10,15-16H,5-7,9,11-12H2,(H,28,30)/t15-,16-/m0/s1. The number of hydrogen-bond donors (Lipinski definition) is 1. The quantitative estimate of drug-likeness (QED) is 0.620. The molecule has 182 valence electrons. The van der Waals surface area contributed by atoms with Gasteiger partial charge in [0.25, 0.3) is 5.91 Å². The van der Waals surface area contributed by atoms with Crippen LogP contribution >= 0.6 is 11.6 Å². The van der Waals surface area contributed by atoms with Crippen LogP contribution in [-0.2, 0) is 11.3 Å². The largest absolute Gasteiger partial charge is 0.486 e. The second-order valence-electron chi connectivity index (χ2n) is 7.92. The predicted octanol–water partition coefficient (Wildman–Crippen LogP) is 3.97. The lowest BCUT2D eigenvalue weighted by Crippen LogP contribution is -2.44. The SMILES string of the molecule is O=C(NCc1ccc(Cl)cc1)c1cc(O[C@H]2CCN3C(=O)OC[C@@H]3C2)c(OCC(F)(F)F)cn1. The van der Waals surface area contributed by atoms with Crippen LogP contribution in [-0.4, -0.2) is 60.0 Å². The van der Waals surface area contributed by atoms with Gasteiger partial charge in [0.05, 0.1) is 12.2 Å². The van der Waals surface area contributed by atoms with Gasteiger partial charge in [-0.25, -0.2) is 9.78 Å². The Morgan fingerprint density at radius 3 is 2.76 bits per heavy atom. The van der Waals surface area contributed by atoms with Gasteiger partial charge in [-0.3, -0.25) is 4.79 Å². The third-order valence-corrected chi connectivity index (χ3v) is 5.67. The number of carbonyl (C=O) groups is 2. The zero-order chi connectivity index (χ0) is 24.3. The van der Waals surface area contributed by atoms with Crippen molar-refractivity contribution in [2.75, 3.05) is 19.8 Å². The predicted molar refractivity (Wildman–Crippen MR) is 114 cm³/mol. The fourth-order valence-corrected chi connectivity index (χ4v) is 3.86. The van der Waals surface area contributed by atoms with Crippen LogP contribution in [0.2, 0.25) is 5.02 Å². The fourth-order valence-electron chi connectivity index (χ4n) is 3.73. The summed E-state index contributed by atoms with van der Waals surface area (Å²) >= 11 is 5.85. The molecular weight excluding hydrogens is 479 g/mol. The normalized spacial score (nSPS) is 19.9. The number of nitrogens with one attached hydrogen (secondary N) is 1. The smallest absolute Gasteiger partial charge is 0.422 e. The molecule has 2 amide bonds. The number of halogens is 4. The van der Waals surface area contributed by atoms with Crippen LogP contribution in [0.5, 0.6) is 11.5 Å². The Kier molecular flexibility index (Phi) is 7.01. The van der Waals surface area contributed by atoms with Gasteiger partial charge in [0.2, 0.25) is 0 Å². The van der Waals surface area contributed by atoms with Crippen LogP contribution in [0, 0.1) is 0 Å². The van der Waals surface area contributed by atoms with Crippen molar-refractivity contribution in [1.82, 2.24) is 15.2 Å². The van der Waals surface area contributed by atoms with E-state index in [0.29, 0.717) is 24.4 Å². The number of benzene rings is 1. The highest BCUT2D eigenvalue weighted by molar-refractivity contribution is 6.30. The summed E-state index contributed by atoms with van der Waals surface area (Å²) in [6.07, 6.45) is -3.43. The Balaban J connectivity index is 1.47. The molecule has 0 bridgehead atoms. The lowest BCUT2D eigenvalue weighted by Gasteiger charge is -2.32. The maximum Gasteiger partial charge on any atom is 0.422 e. The highest BCUT2D eigenvalue weighted by atomic mass is 35.5. The topological polar surface area (TPSA) is 90.0 Å². The second-order valence-corrected chi connectivity index (χ2v) is 8.35. The molecule has 8 nitrogen and oxygen atoms in total. The fraction of sp³-hybridized carbons (Fsp3) is 0.409. The Morgan fingerprint density at radius 2 is 2.03 bits per heavy atom. The van der Waals surface area contributed by atoms with Crippen molar-refractivity contribution in [1.29, 1.82) is 0 Å². The van der Waals surface area contributed by atoms with Gasteiger partial charge >= 0.3 is 12.3 Å². The molecule has 2 atom stereocenters. The van der Waals surface area contributed by atoms with Gasteiger partial charge in [-0.05, 0) is 17.7 Å². The molecule has 0 spiro atoms. The first kappa shape index (κ1) is 23.9. The van der Waals surface area contributed by atoms with Crippen LogP contribution in [0.15, 0.2) is 36.5 Å². The number of nitrogens with zero attached hydrogens (tertiary/aromatic N) is 2. The van der Waals surface area contributed by atoms with E-state index in [9.17, 15) is 22.8 Å². The van der Waals surface area contributed by atoms with Gasteiger partial charge in [0, 0.05) is 37.0 Å². The van der Waals surface area contributed by atoms with Gasteiger partial charge in [-0.15, -0.1) is 0 Å². The Morgan fingerprint density at radius 1 is 1.26 bits per heavy atom. The molecule has 12 heteroatoms. The number of rotatable bonds is 7. The Labute approximate surface area is 197 Å². The lowest BCUT2D eigenvalue weighted by molar-refractivity contribution is -0.153. The molecule has 2 fully saturated rings. The number of aromatic nitrogens is 1. The highest BCUT2D eigenvalue weighted by Gasteiger charge is 2.39. The summed E-state index contributed by atoms with van der Waals surface area (Å²) in [5, 5.41) is 3.26. The monoisotopic (exact) mass is 499 g/mol. The van der Waals surface area contributed by atoms with E-state index in [4.69, 9.17) is 25.8 Å². The van der Waals surface area contributed by atoms with Crippen molar-refractivity contribution in [3.8, 4) is 11.5 Å². The molecule has 4 rings (SSSR count). The molecule has 0 aliphatic carbocycles. The molecule has 0 radical (unpaired) electrons. The zero-order valence-electron chi connectivity index (χ0n) is 17.8. The minimum absolute atomic E-state index is 0.0282. The summed E-state index contributed by atoms with van der Waals surface area (Å²) in [7, 11) is 0. The summed E-state index contributed by atoms with van der Waals surface area (Å²) < 4.78 is 53.9. The first-order valence-corrected chi connectivity index (χ1v) is 10.9. The number of piperidine rings is 1. The van der Waals surface area contributed by atoms with Gasteiger partial charge in [-0.2, -0.15) is 13.2 Å². The number of cyclic esters (lactones) is 1. The summed E-state index contributed by atoms with van der Waals surface area (Å²) in [5.41, 5.74) is 0.763. The van der Waals surface area contributed by atoms with Crippen molar-refractivity contribution in [3.63, 3.8) is 0 Å². The number of pyridine rings is 1. The number of amides is 2. The average Bonchev–Trinajstić information content (AvgIpc) is 3.17. The van der Waals surface area contributed by atoms with E-state index in [0.717, 1.165) is 11.8 Å². The lowest BCUT2D eigenvalue weighted by atomic mass is 10.0. The van der Waals surface area contributed by atoms with Crippen molar-refractivity contribution in [3.05, 3.63) is 52.8 Å². The maximum atomic E-state index is 12.7. The number of ether oxygens (including phenoxy) is 3. The summed E-state index contributed by atoms with van der Waals surface area (Å²) in [4.78, 5) is 29.8. The van der Waals surface area contributed by atoms with E-state index >= 15 is 0 Å². The first-order valence-electron chi connectivity index (χ1n) is 10.5. The Hall–Kier alpha value is -3.21. The molecule has 2 aliphatic rings. The molecular formula is C22H21ClF3N3O5. The Bertz CT molecular complexity index is 1050. The van der Waals surface area contributed by atoms with Crippen molar-refractivity contribution < 1.29 is 37.0 Å². The minimum Gasteiger partial charge on any atom is -0.486 e. The van der Waals surface area contributed by atoms with Gasteiger partial charge < -0.3 is 24.4 Å². The second kappa shape index (κ2) is 9.96. The van der Waals surface area contributed by atoms with Crippen molar-refractivity contribution in [2.45, 2.75) is 37.7 Å². The van der Waals surface area contributed by atoms with E-state index < -0.39 is 24.8 Å². The third-order valence-electron chi connectivity index (χ3n) is 5.42. The number of hydrogen-bond acceptors (Lipinski definition) is 6. The molecule has 34 heavy (non-hydrogen) atoms. The van der Waals surface area contributed by atoms with Crippen LogP contribution in [0.1, 0.15) is 28.9 Å². The van der Waals surface area contributed by atoms with Gasteiger partial charge in [0.15, 0.2) is 18.1 Å². The molecule has 2 saturated heterocycles. The molecule has 2 aromatic rings. The third kappa shape index (κ3) is 6.02. The first-order chi connectivity index (χ1) is 16.2. The average molecular weight is 500 g/mol. The van der Waals surface area contributed by atoms with Crippen LogP contribution < -0.4 is 14.8 Å². The van der Waals surface area contributed by atoms with Crippen LogP contribution in [0.25, 0.3) is 0 Å². The van der Waals surface area contributed by atoms with E-state index in [1.807, 2.05) is 0 Å². The van der Waals surface area contributed by atoms with E-state index in [1.54, 1.807) is 29.2 Å². The molecule has 0 unspecified atom stereocenters.